The van der Waals surface area contributed by atoms with E-state index in [1.807, 2.05) is 6.07 Å². The van der Waals surface area contributed by atoms with Gasteiger partial charge in [0.1, 0.15) is 0 Å². The summed E-state index contributed by atoms with van der Waals surface area (Å²) in [6.45, 7) is 5.66. The number of ether oxygens (including phenoxy) is 1. The second-order valence-electron chi connectivity index (χ2n) is 5.62. The molecule has 1 aromatic rings. The zero-order chi connectivity index (χ0) is 16.2. The number of hydrogen-bond donors (Lipinski definition) is 1. The summed E-state index contributed by atoms with van der Waals surface area (Å²) in [5.74, 6) is -0.739. The van der Waals surface area contributed by atoms with Crippen molar-refractivity contribution in [2.75, 3.05) is 13.2 Å². The zero-order valence-electron chi connectivity index (χ0n) is 12.7. The number of rotatable bonds is 5. The fraction of sp³-hybridized carbons (Fsp3) is 0.412. The van der Waals surface area contributed by atoms with E-state index >= 15 is 0 Å². The first kappa shape index (κ1) is 16.4. The van der Waals surface area contributed by atoms with E-state index in [1.165, 1.54) is 11.0 Å². The van der Waals surface area contributed by atoms with Crippen LogP contribution in [-0.4, -0.2) is 41.3 Å². The standard InChI is InChI=1S/C17H21NO4/c1-3-12-22-16(21)17(2)10-7-11-18(15(17)20)14(19)13-8-5-4-6-9-13/h3-6,8-9,16,21H,1,7,10-12H2,2H3. The molecule has 0 bridgehead atoms. The summed E-state index contributed by atoms with van der Waals surface area (Å²) in [5.41, 5.74) is -0.660. The molecule has 0 radical (unpaired) electrons. The number of hydrogen-bond acceptors (Lipinski definition) is 4. The molecule has 0 aromatic heterocycles. The van der Waals surface area contributed by atoms with Crippen molar-refractivity contribution in [3.63, 3.8) is 0 Å². The smallest absolute Gasteiger partial charge is 0.260 e. The highest BCUT2D eigenvalue weighted by molar-refractivity contribution is 6.06. The summed E-state index contributed by atoms with van der Waals surface area (Å²) in [5, 5.41) is 10.2. The minimum Gasteiger partial charge on any atom is -0.367 e. The molecule has 1 N–H and O–H groups in total. The van der Waals surface area contributed by atoms with Gasteiger partial charge in [-0.2, -0.15) is 0 Å². The highest BCUT2D eigenvalue weighted by Crippen LogP contribution is 2.35. The predicted molar refractivity (Wildman–Crippen MR) is 82.0 cm³/mol. The van der Waals surface area contributed by atoms with Crippen LogP contribution >= 0.6 is 0 Å². The number of likely N-dealkylation sites (tertiary alicyclic amines) is 1. The summed E-state index contributed by atoms with van der Waals surface area (Å²) in [7, 11) is 0. The van der Waals surface area contributed by atoms with Crippen molar-refractivity contribution >= 4 is 11.8 Å². The van der Waals surface area contributed by atoms with Gasteiger partial charge in [0.05, 0.1) is 12.0 Å². The molecule has 1 fully saturated rings. The Balaban J connectivity index is 2.19. The second kappa shape index (κ2) is 6.85. The van der Waals surface area contributed by atoms with Crippen LogP contribution in [0.5, 0.6) is 0 Å². The second-order valence-corrected chi connectivity index (χ2v) is 5.62. The number of piperidine rings is 1. The molecule has 118 valence electrons. The van der Waals surface area contributed by atoms with Gasteiger partial charge < -0.3 is 9.84 Å². The van der Waals surface area contributed by atoms with E-state index in [0.29, 0.717) is 24.9 Å². The summed E-state index contributed by atoms with van der Waals surface area (Å²) in [6.07, 6.45) is 1.36. The molecule has 1 aliphatic heterocycles. The lowest BCUT2D eigenvalue weighted by atomic mass is 9.80. The minimum absolute atomic E-state index is 0.149. The SMILES string of the molecule is C=CCOC(O)C1(C)CCCN(C(=O)c2ccccc2)C1=O. The normalized spacial score (nSPS) is 23.2. The van der Waals surface area contributed by atoms with Crippen LogP contribution in [0.25, 0.3) is 0 Å². The first-order chi connectivity index (χ1) is 10.5. The monoisotopic (exact) mass is 303 g/mol. The molecule has 2 rings (SSSR count). The van der Waals surface area contributed by atoms with Crippen LogP contribution in [0.2, 0.25) is 0 Å². The molecule has 0 saturated carbocycles. The largest absolute Gasteiger partial charge is 0.367 e. The van der Waals surface area contributed by atoms with Crippen LogP contribution < -0.4 is 0 Å². The van der Waals surface area contributed by atoms with E-state index in [0.717, 1.165) is 0 Å². The first-order valence-corrected chi connectivity index (χ1v) is 7.32. The highest BCUT2D eigenvalue weighted by Gasteiger charge is 2.47. The Labute approximate surface area is 130 Å². The number of imide groups is 1. The van der Waals surface area contributed by atoms with Crippen LogP contribution in [-0.2, 0) is 9.53 Å². The maximum Gasteiger partial charge on any atom is 0.260 e. The van der Waals surface area contributed by atoms with E-state index < -0.39 is 17.6 Å². The Morgan fingerprint density at radius 3 is 2.82 bits per heavy atom. The summed E-state index contributed by atoms with van der Waals surface area (Å²) in [6, 6.07) is 8.66. The number of benzene rings is 1. The molecule has 2 atom stereocenters. The lowest BCUT2D eigenvalue weighted by molar-refractivity contribution is -0.189. The van der Waals surface area contributed by atoms with Crippen molar-refractivity contribution in [1.82, 2.24) is 4.90 Å². The van der Waals surface area contributed by atoms with Gasteiger partial charge in [-0.25, -0.2) is 0 Å². The van der Waals surface area contributed by atoms with Crippen molar-refractivity contribution in [1.29, 1.82) is 0 Å². The number of carbonyl (C=O) groups is 2. The molecule has 1 saturated heterocycles. The van der Waals surface area contributed by atoms with Crippen LogP contribution in [0.4, 0.5) is 0 Å². The van der Waals surface area contributed by atoms with Crippen molar-refractivity contribution in [2.45, 2.75) is 26.1 Å². The molecular weight excluding hydrogens is 282 g/mol. The Bertz CT molecular complexity index is 557. The third-order valence-corrected chi connectivity index (χ3v) is 3.99. The number of amides is 2. The quantitative estimate of drug-likeness (QED) is 0.513. The van der Waals surface area contributed by atoms with Gasteiger partial charge in [-0.3, -0.25) is 14.5 Å². The lowest BCUT2D eigenvalue weighted by Gasteiger charge is -2.40. The van der Waals surface area contributed by atoms with Gasteiger partial charge in [0.2, 0.25) is 5.91 Å². The fourth-order valence-electron chi connectivity index (χ4n) is 2.62. The number of carbonyl (C=O) groups excluding carboxylic acids is 2. The minimum atomic E-state index is -1.26. The molecule has 22 heavy (non-hydrogen) atoms. The van der Waals surface area contributed by atoms with Gasteiger partial charge in [0.25, 0.3) is 5.91 Å². The highest BCUT2D eigenvalue weighted by atomic mass is 16.6. The van der Waals surface area contributed by atoms with Gasteiger partial charge >= 0.3 is 0 Å². The van der Waals surface area contributed by atoms with E-state index in [2.05, 4.69) is 6.58 Å². The zero-order valence-corrected chi connectivity index (χ0v) is 12.7. The summed E-state index contributed by atoms with van der Waals surface area (Å²) >= 11 is 0. The summed E-state index contributed by atoms with van der Waals surface area (Å²) in [4.78, 5) is 26.4. The van der Waals surface area contributed by atoms with Gasteiger partial charge in [-0.05, 0) is 31.9 Å². The molecule has 5 heteroatoms. The van der Waals surface area contributed by atoms with Crippen molar-refractivity contribution in [2.24, 2.45) is 5.41 Å². The van der Waals surface area contributed by atoms with Crippen LogP contribution in [0.3, 0.4) is 0 Å². The molecule has 1 aliphatic rings. The van der Waals surface area contributed by atoms with Gasteiger partial charge in [0, 0.05) is 12.1 Å². The fourth-order valence-corrected chi connectivity index (χ4v) is 2.62. The molecule has 5 nitrogen and oxygen atoms in total. The molecule has 0 spiro atoms. The third-order valence-electron chi connectivity index (χ3n) is 3.99. The van der Waals surface area contributed by atoms with Crippen molar-refractivity contribution in [3.05, 3.63) is 48.6 Å². The Kier molecular flexibility index (Phi) is 5.11. The van der Waals surface area contributed by atoms with Crippen molar-refractivity contribution < 1.29 is 19.4 Å². The number of aliphatic hydroxyl groups is 1. The molecule has 0 aliphatic carbocycles. The number of aliphatic hydroxyl groups excluding tert-OH is 1. The summed E-state index contributed by atoms with van der Waals surface area (Å²) < 4.78 is 5.22. The van der Waals surface area contributed by atoms with E-state index in [1.54, 1.807) is 31.2 Å². The van der Waals surface area contributed by atoms with Gasteiger partial charge in [-0.15, -0.1) is 6.58 Å². The number of nitrogens with zero attached hydrogens (tertiary/aromatic N) is 1. The van der Waals surface area contributed by atoms with E-state index in [4.69, 9.17) is 4.74 Å². The topological polar surface area (TPSA) is 66.8 Å². The lowest BCUT2D eigenvalue weighted by Crippen LogP contribution is -2.55. The van der Waals surface area contributed by atoms with Crippen LogP contribution in [0.1, 0.15) is 30.1 Å². The third kappa shape index (κ3) is 3.10. The van der Waals surface area contributed by atoms with Gasteiger partial charge in [0.15, 0.2) is 6.29 Å². The van der Waals surface area contributed by atoms with E-state index in [9.17, 15) is 14.7 Å². The average molecular weight is 303 g/mol. The Hall–Kier alpha value is -1.98. The Morgan fingerprint density at radius 2 is 2.18 bits per heavy atom. The van der Waals surface area contributed by atoms with Gasteiger partial charge in [-0.1, -0.05) is 24.3 Å². The first-order valence-electron chi connectivity index (χ1n) is 7.32. The maximum atomic E-state index is 12.7. The molecule has 2 amide bonds. The molecule has 2 unspecified atom stereocenters. The molecular formula is C17H21NO4. The average Bonchev–Trinajstić information content (AvgIpc) is 2.55. The predicted octanol–water partition coefficient (Wildman–Crippen LogP) is 1.98. The molecule has 1 heterocycles. The molecule has 1 aromatic carbocycles. The Morgan fingerprint density at radius 1 is 1.50 bits per heavy atom. The van der Waals surface area contributed by atoms with E-state index in [-0.39, 0.29) is 12.5 Å². The maximum absolute atomic E-state index is 12.7. The van der Waals surface area contributed by atoms with Crippen LogP contribution in [0.15, 0.2) is 43.0 Å². The van der Waals surface area contributed by atoms with Crippen molar-refractivity contribution in [3.8, 4) is 0 Å². The van der Waals surface area contributed by atoms with Crippen LogP contribution in [0, 0.1) is 5.41 Å².